The van der Waals surface area contributed by atoms with E-state index in [1.807, 2.05) is 0 Å². The molecular formula is C14H20FN3O2S. The minimum Gasteiger partial charge on any atom is -0.396 e. The molecule has 1 aliphatic heterocycles. The molecule has 2 fully saturated rings. The molecule has 0 aromatic heterocycles. The summed E-state index contributed by atoms with van der Waals surface area (Å²) in [6.45, 7) is 3.48. The van der Waals surface area contributed by atoms with Crippen LogP contribution in [0.2, 0.25) is 0 Å². The van der Waals surface area contributed by atoms with E-state index in [-0.39, 0.29) is 10.6 Å². The Morgan fingerprint density at radius 2 is 1.86 bits per heavy atom. The summed E-state index contributed by atoms with van der Waals surface area (Å²) >= 11 is 0. The van der Waals surface area contributed by atoms with Gasteiger partial charge in [-0.2, -0.15) is 4.31 Å². The Hall–Kier alpha value is -1.18. The first-order valence-corrected chi connectivity index (χ1v) is 8.68. The summed E-state index contributed by atoms with van der Waals surface area (Å²) in [4.78, 5) is 2.29. The van der Waals surface area contributed by atoms with E-state index in [1.165, 1.54) is 29.3 Å². The van der Waals surface area contributed by atoms with Crippen LogP contribution in [0.25, 0.3) is 0 Å². The van der Waals surface area contributed by atoms with Crippen molar-refractivity contribution >= 4 is 15.7 Å². The van der Waals surface area contributed by atoms with Crippen LogP contribution in [-0.4, -0.2) is 50.3 Å². The van der Waals surface area contributed by atoms with Crippen molar-refractivity contribution in [1.29, 1.82) is 0 Å². The Morgan fingerprint density at radius 1 is 1.19 bits per heavy atom. The predicted octanol–water partition coefficient (Wildman–Crippen LogP) is 1.12. The number of nitrogens with two attached hydrogens (primary N) is 1. The Kier molecular flexibility index (Phi) is 3.90. The summed E-state index contributed by atoms with van der Waals surface area (Å²) in [5.41, 5.74) is 5.35. The number of benzene rings is 1. The van der Waals surface area contributed by atoms with Gasteiger partial charge >= 0.3 is 0 Å². The lowest BCUT2D eigenvalue weighted by atomic mass is 10.3. The number of piperazine rings is 1. The highest BCUT2D eigenvalue weighted by Crippen LogP contribution is 2.30. The van der Waals surface area contributed by atoms with Gasteiger partial charge in [-0.1, -0.05) is 0 Å². The summed E-state index contributed by atoms with van der Waals surface area (Å²) < 4.78 is 39.9. The number of sulfonamides is 1. The quantitative estimate of drug-likeness (QED) is 0.846. The molecule has 21 heavy (non-hydrogen) atoms. The molecule has 5 nitrogen and oxygen atoms in total. The molecule has 0 amide bonds. The lowest BCUT2D eigenvalue weighted by Gasteiger charge is -2.34. The zero-order chi connectivity index (χ0) is 15.0. The number of rotatable bonds is 4. The number of anilines is 1. The van der Waals surface area contributed by atoms with Gasteiger partial charge in [-0.15, -0.1) is 0 Å². The summed E-state index contributed by atoms with van der Waals surface area (Å²) in [5.74, 6) is 0.114. The van der Waals surface area contributed by atoms with Crippen LogP contribution in [-0.2, 0) is 10.0 Å². The lowest BCUT2D eigenvalue weighted by Crippen LogP contribution is -2.49. The minimum absolute atomic E-state index is 0.0233. The van der Waals surface area contributed by atoms with E-state index in [4.69, 9.17) is 5.73 Å². The minimum atomic E-state index is -3.63. The van der Waals surface area contributed by atoms with Crippen LogP contribution in [0.3, 0.4) is 0 Å². The normalized spacial score (nSPS) is 21.6. The highest BCUT2D eigenvalue weighted by molar-refractivity contribution is 7.89. The van der Waals surface area contributed by atoms with Gasteiger partial charge in [0.05, 0.1) is 10.6 Å². The molecule has 0 bridgehead atoms. The molecule has 0 unspecified atom stereocenters. The number of nitrogens with zero attached hydrogens (tertiary/aromatic N) is 2. The van der Waals surface area contributed by atoms with Gasteiger partial charge < -0.3 is 10.6 Å². The molecule has 1 heterocycles. The maximum Gasteiger partial charge on any atom is 0.243 e. The van der Waals surface area contributed by atoms with Gasteiger partial charge in [-0.05, 0) is 37.0 Å². The number of halogens is 1. The summed E-state index contributed by atoms with van der Waals surface area (Å²) in [6.07, 6.45) is 2.59. The van der Waals surface area contributed by atoms with E-state index in [1.54, 1.807) is 0 Å². The van der Waals surface area contributed by atoms with Gasteiger partial charge in [0, 0.05) is 32.7 Å². The van der Waals surface area contributed by atoms with Crippen molar-refractivity contribution in [2.45, 2.75) is 17.7 Å². The van der Waals surface area contributed by atoms with Gasteiger partial charge in [-0.3, -0.25) is 0 Å². The number of hydrogen-bond donors (Lipinski definition) is 1. The van der Waals surface area contributed by atoms with E-state index in [2.05, 4.69) is 4.90 Å². The first-order chi connectivity index (χ1) is 9.96. The molecule has 1 aliphatic carbocycles. The molecule has 1 aromatic carbocycles. The van der Waals surface area contributed by atoms with Crippen LogP contribution < -0.4 is 5.73 Å². The van der Waals surface area contributed by atoms with Gasteiger partial charge in [0.2, 0.25) is 10.0 Å². The second kappa shape index (κ2) is 5.55. The van der Waals surface area contributed by atoms with Gasteiger partial charge in [0.1, 0.15) is 5.82 Å². The molecular weight excluding hydrogens is 293 g/mol. The van der Waals surface area contributed by atoms with Crippen molar-refractivity contribution in [3.63, 3.8) is 0 Å². The molecule has 116 valence electrons. The maximum atomic E-state index is 13.5. The second-order valence-electron chi connectivity index (χ2n) is 5.83. The molecule has 1 saturated carbocycles. The van der Waals surface area contributed by atoms with Crippen molar-refractivity contribution in [3.8, 4) is 0 Å². The van der Waals surface area contributed by atoms with Gasteiger partial charge in [0.15, 0.2) is 0 Å². The highest BCUT2D eigenvalue weighted by atomic mass is 32.2. The van der Waals surface area contributed by atoms with Crippen molar-refractivity contribution < 1.29 is 12.8 Å². The molecule has 1 saturated heterocycles. The summed E-state index contributed by atoms with van der Waals surface area (Å²) in [7, 11) is -3.63. The van der Waals surface area contributed by atoms with E-state index in [9.17, 15) is 12.8 Å². The van der Waals surface area contributed by atoms with E-state index < -0.39 is 15.8 Å². The van der Waals surface area contributed by atoms with Crippen molar-refractivity contribution in [3.05, 3.63) is 24.0 Å². The summed E-state index contributed by atoms with van der Waals surface area (Å²) in [6, 6.07) is 3.66. The van der Waals surface area contributed by atoms with Crippen LogP contribution in [0.15, 0.2) is 23.1 Å². The molecule has 2 aliphatic rings. The largest absolute Gasteiger partial charge is 0.396 e. The Balaban J connectivity index is 1.68. The van der Waals surface area contributed by atoms with Crippen molar-refractivity contribution in [1.82, 2.24) is 9.21 Å². The topological polar surface area (TPSA) is 66.6 Å². The standard InChI is InChI=1S/C14H20FN3O2S/c15-13-9-12(3-4-14(13)16)21(19,20)18-7-5-17(6-8-18)10-11-1-2-11/h3-4,9,11H,1-2,5-8,10,16H2. The van der Waals surface area contributed by atoms with Crippen LogP contribution in [0.4, 0.5) is 10.1 Å². The molecule has 7 heteroatoms. The average molecular weight is 313 g/mol. The third-order valence-corrected chi connectivity index (χ3v) is 6.05. The number of hydrogen-bond acceptors (Lipinski definition) is 4. The second-order valence-corrected chi connectivity index (χ2v) is 7.77. The van der Waals surface area contributed by atoms with E-state index >= 15 is 0 Å². The smallest absolute Gasteiger partial charge is 0.243 e. The molecule has 1 aromatic rings. The average Bonchev–Trinajstić information content (AvgIpc) is 3.26. The predicted molar refractivity (Wildman–Crippen MR) is 78.7 cm³/mol. The zero-order valence-corrected chi connectivity index (χ0v) is 12.7. The fourth-order valence-electron chi connectivity index (χ4n) is 2.64. The highest BCUT2D eigenvalue weighted by Gasteiger charge is 2.31. The fraction of sp³-hybridized carbons (Fsp3) is 0.571. The number of nitrogen functional groups attached to an aromatic ring is 1. The Bertz CT molecular complexity index is 623. The van der Waals surface area contributed by atoms with Crippen molar-refractivity contribution in [2.24, 2.45) is 5.92 Å². The Labute approximate surface area is 124 Å². The first-order valence-electron chi connectivity index (χ1n) is 7.24. The van der Waals surface area contributed by atoms with Crippen LogP contribution in [0.5, 0.6) is 0 Å². The van der Waals surface area contributed by atoms with E-state index in [0.717, 1.165) is 31.6 Å². The first kappa shape index (κ1) is 14.7. The third-order valence-electron chi connectivity index (χ3n) is 4.15. The van der Waals surface area contributed by atoms with Crippen LogP contribution >= 0.6 is 0 Å². The third kappa shape index (κ3) is 3.20. The maximum absolute atomic E-state index is 13.5. The van der Waals surface area contributed by atoms with Gasteiger partial charge in [0.25, 0.3) is 0 Å². The molecule has 2 N–H and O–H groups in total. The molecule has 0 radical (unpaired) electrons. The monoisotopic (exact) mass is 313 g/mol. The van der Waals surface area contributed by atoms with Crippen molar-refractivity contribution in [2.75, 3.05) is 38.5 Å². The molecule has 3 rings (SSSR count). The fourth-order valence-corrected chi connectivity index (χ4v) is 4.07. The van der Waals surface area contributed by atoms with Crippen LogP contribution in [0.1, 0.15) is 12.8 Å². The van der Waals surface area contributed by atoms with Gasteiger partial charge in [-0.25, -0.2) is 12.8 Å². The molecule has 0 spiro atoms. The van der Waals surface area contributed by atoms with Crippen LogP contribution in [0, 0.1) is 11.7 Å². The summed E-state index contributed by atoms with van der Waals surface area (Å²) in [5, 5.41) is 0. The SMILES string of the molecule is Nc1ccc(S(=O)(=O)N2CCN(CC3CC3)CC2)cc1F. The zero-order valence-electron chi connectivity index (χ0n) is 11.8. The molecule has 0 atom stereocenters. The lowest BCUT2D eigenvalue weighted by molar-refractivity contribution is 0.182. The Morgan fingerprint density at radius 3 is 2.43 bits per heavy atom. The van der Waals surface area contributed by atoms with E-state index in [0.29, 0.717) is 13.1 Å².